The Morgan fingerprint density at radius 3 is 2.74 bits per heavy atom. The Morgan fingerprint density at radius 2 is 1.96 bits per heavy atom. The van der Waals surface area contributed by atoms with Crippen LogP contribution in [0.3, 0.4) is 0 Å². The Labute approximate surface area is 165 Å². The molecule has 7 heteroatoms. The van der Waals surface area contributed by atoms with E-state index in [9.17, 15) is 5.11 Å². The molecule has 0 aliphatic carbocycles. The van der Waals surface area contributed by atoms with Crippen LogP contribution in [0.25, 0.3) is 17.3 Å². The Kier molecular flexibility index (Phi) is 4.55. The van der Waals surface area contributed by atoms with Gasteiger partial charge in [0.25, 0.3) is 0 Å². The van der Waals surface area contributed by atoms with Crippen molar-refractivity contribution in [1.29, 1.82) is 0 Å². The molecule has 0 saturated heterocycles. The Morgan fingerprint density at radius 1 is 1.15 bits per heavy atom. The molecule has 136 valence electrons. The first-order chi connectivity index (χ1) is 13.1. The SMILES string of the molecule is COc1ccc(-n2c(O)c(/C=C3/C=Nc4ccccc43)sc2=S)c(OC)c1. The smallest absolute Gasteiger partial charge is 0.215 e. The second-order valence-corrected chi connectivity index (χ2v) is 7.48. The van der Waals surface area contributed by atoms with Gasteiger partial charge in [0, 0.05) is 23.4 Å². The van der Waals surface area contributed by atoms with Gasteiger partial charge in [0.1, 0.15) is 11.5 Å². The molecule has 1 aromatic heterocycles. The largest absolute Gasteiger partial charge is 0.497 e. The summed E-state index contributed by atoms with van der Waals surface area (Å²) >= 11 is 6.83. The van der Waals surface area contributed by atoms with Gasteiger partial charge >= 0.3 is 0 Å². The molecule has 0 fully saturated rings. The number of methoxy groups -OCH3 is 2. The second-order valence-electron chi connectivity index (χ2n) is 5.80. The first kappa shape index (κ1) is 17.5. The number of aliphatic imine (C=N–C) groups is 1. The van der Waals surface area contributed by atoms with Crippen LogP contribution in [0.1, 0.15) is 10.4 Å². The fourth-order valence-corrected chi connectivity index (χ4v) is 4.24. The number of allylic oxidation sites excluding steroid dienone is 1. The highest BCUT2D eigenvalue weighted by Crippen LogP contribution is 2.39. The number of para-hydroxylation sites is 1. The van der Waals surface area contributed by atoms with Crippen LogP contribution in [-0.4, -0.2) is 30.1 Å². The number of aromatic hydroxyl groups is 1. The molecular weight excluding hydrogens is 380 g/mol. The second kappa shape index (κ2) is 7.02. The van der Waals surface area contributed by atoms with Crippen molar-refractivity contribution >= 4 is 47.1 Å². The lowest BCUT2D eigenvalue weighted by molar-refractivity contribution is 0.390. The zero-order valence-corrected chi connectivity index (χ0v) is 16.3. The van der Waals surface area contributed by atoms with E-state index >= 15 is 0 Å². The molecule has 0 saturated carbocycles. The Balaban J connectivity index is 1.82. The molecule has 0 radical (unpaired) electrons. The average molecular weight is 396 g/mol. The summed E-state index contributed by atoms with van der Waals surface area (Å²) in [6.45, 7) is 0. The van der Waals surface area contributed by atoms with E-state index in [1.54, 1.807) is 37.1 Å². The average Bonchev–Trinajstić information content (AvgIpc) is 3.22. The molecule has 4 rings (SSSR count). The van der Waals surface area contributed by atoms with Crippen LogP contribution in [0.2, 0.25) is 0 Å². The Hall–Kier alpha value is -2.90. The van der Waals surface area contributed by atoms with Crippen LogP contribution < -0.4 is 9.47 Å². The van der Waals surface area contributed by atoms with Crippen molar-refractivity contribution < 1.29 is 14.6 Å². The lowest BCUT2D eigenvalue weighted by atomic mass is 10.1. The molecule has 0 spiro atoms. The number of benzene rings is 2. The lowest BCUT2D eigenvalue weighted by Crippen LogP contribution is -1.98. The van der Waals surface area contributed by atoms with Gasteiger partial charge in [-0.2, -0.15) is 0 Å². The van der Waals surface area contributed by atoms with Crippen molar-refractivity contribution in [3.05, 3.63) is 56.9 Å². The Bertz CT molecular complexity index is 1140. The van der Waals surface area contributed by atoms with Crippen molar-refractivity contribution in [1.82, 2.24) is 4.57 Å². The molecule has 1 aliphatic heterocycles. The number of aromatic nitrogens is 1. The number of thiazole rings is 1. The first-order valence-corrected chi connectivity index (χ1v) is 9.37. The summed E-state index contributed by atoms with van der Waals surface area (Å²) in [5, 5.41) is 10.8. The van der Waals surface area contributed by atoms with Crippen molar-refractivity contribution in [2.45, 2.75) is 0 Å². The minimum Gasteiger partial charge on any atom is -0.497 e. The quantitative estimate of drug-likeness (QED) is 0.612. The summed E-state index contributed by atoms with van der Waals surface area (Å²) in [5.74, 6) is 1.29. The van der Waals surface area contributed by atoms with Gasteiger partial charge in [0.05, 0.1) is 30.5 Å². The topological polar surface area (TPSA) is 56.0 Å². The van der Waals surface area contributed by atoms with Crippen LogP contribution in [0, 0.1) is 3.95 Å². The van der Waals surface area contributed by atoms with Gasteiger partial charge in [-0.05, 0) is 36.5 Å². The number of hydrogen-bond acceptors (Lipinski definition) is 6. The number of hydrogen-bond donors (Lipinski definition) is 1. The van der Waals surface area contributed by atoms with E-state index in [0.29, 0.717) is 26.0 Å². The highest BCUT2D eigenvalue weighted by atomic mass is 32.1. The van der Waals surface area contributed by atoms with Gasteiger partial charge in [-0.1, -0.05) is 18.2 Å². The van der Waals surface area contributed by atoms with Gasteiger partial charge in [0.2, 0.25) is 5.88 Å². The van der Waals surface area contributed by atoms with Crippen molar-refractivity contribution in [3.8, 4) is 23.1 Å². The van der Waals surface area contributed by atoms with Gasteiger partial charge < -0.3 is 14.6 Å². The number of rotatable bonds is 4. The fraction of sp³-hybridized carbons (Fsp3) is 0.100. The van der Waals surface area contributed by atoms with Crippen LogP contribution in [0.4, 0.5) is 5.69 Å². The molecule has 0 amide bonds. The maximum atomic E-state index is 10.8. The summed E-state index contributed by atoms with van der Waals surface area (Å²) in [6, 6.07) is 13.3. The summed E-state index contributed by atoms with van der Waals surface area (Å²) in [6.07, 6.45) is 3.70. The molecule has 1 N–H and O–H groups in total. The highest BCUT2D eigenvalue weighted by Gasteiger charge is 2.18. The zero-order valence-electron chi connectivity index (χ0n) is 14.7. The third-order valence-corrected chi connectivity index (χ3v) is 5.59. The molecule has 27 heavy (non-hydrogen) atoms. The van der Waals surface area contributed by atoms with Gasteiger partial charge in [-0.3, -0.25) is 9.56 Å². The molecule has 0 atom stereocenters. The minimum atomic E-state index is 0.0683. The van der Waals surface area contributed by atoms with Crippen molar-refractivity contribution in [3.63, 3.8) is 0 Å². The first-order valence-electron chi connectivity index (χ1n) is 8.14. The van der Waals surface area contributed by atoms with E-state index < -0.39 is 0 Å². The summed E-state index contributed by atoms with van der Waals surface area (Å²) in [5.41, 5.74) is 3.54. The van der Waals surface area contributed by atoms with Crippen LogP contribution in [0.15, 0.2) is 47.5 Å². The van der Waals surface area contributed by atoms with E-state index in [4.69, 9.17) is 21.7 Å². The molecular formula is C20H16N2O3S2. The molecule has 3 aromatic rings. The van der Waals surface area contributed by atoms with E-state index in [1.165, 1.54) is 11.3 Å². The molecule has 5 nitrogen and oxygen atoms in total. The molecule has 0 unspecified atom stereocenters. The van der Waals surface area contributed by atoms with Gasteiger partial charge in [-0.25, -0.2) is 0 Å². The normalized spacial score (nSPS) is 13.8. The van der Waals surface area contributed by atoms with Crippen LogP contribution >= 0.6 is 23.6 Å². The predicted molar refractivity (Wildman–Crippen MR) is 112 cm³/mol. The van der Waals surface area contributed by atoms with Crippen molar-refractivity contribution in [2.24, 2.45) is 4.99 Å². The number of ether oxygens (including phenoxy) is 2. The maximum absolute atomic E-state index is 10.8. The van der Waals surface area contributed by atoms with Gasteiger partial charge in [-0.15, -0.1) is 11.3 Å². The van der Waals surface area contributed by atoms with Crippen LogP contribution in [0.5, 0.6) is 17.4 Å². The molecule has 2 aromatic carbocycles. The monoisotopic (exact) mass is 396 g/mol. The van der Waals surface area contributed by atoms with E-state index in [0.717, 1.165) is 16.8 Å². The van der Waals surface area contributed by atoms with E-state index in [-0.39, 0.29) is 5.88 Å². The highest BCUT2D eigenvalue weighted by molar-refractivity contribution is 7.73. The van der Waals surface area contributed by atoms with E-state index in [2.05, 4.69) is 4.99 Å². The van der Waals surface area contributed by atoms with Crippen LogP contribution in [-0.2, 0) is 0 Å². The predicted octanol–water partition coefficient (Wildman–Crippen LogP) is 5.25. The maximum Gasteiger partial charge on any atom is 0.215 e. The molecule has 1 aliphatic rings. The third-order valence-electron chi connectivity index (χ3n) is 4.28. The standard InChI is InChI=1S/C20H16N2O3S2/c1-24-13-7-8-16(17(10-13)25-2)22-19(23)18(27-20(22)26)9-12-11-21-15-6-4-3-5-14(12)15/h3-11,23H,1-2H3/b12-9-. The summed E-state index contributed by atoms with van der Waals surface area (Å²) in [7, 11) is 3.16. The van der Waals surface area contributed by atoms with Gasteiger partial charge in [0.15, 0.2) is 3.95 Å². The number of nitrogens with zero attached hydrogens (tertiary/aromatic N) is 2. The molecule has 0 bridgehead atoms. The van der Waals surface area contributed by atoms with E-state index in [1.807, 2.05) is 36.4 Å². The third kappa shape index (κ3) is 3.05. The molecule has 2 heterocycles. The number of fused-ring (bicyclic) bond motifs is 1. The zero-order chi connectivity index (χ0) is 19.0. The minimum absolute atomic E-state index is 0.0683. The fourth-order valence-electron chi connectivity index (χ4n) is 2.95. The van der Waals surface area contributed by atoms with Crippen molar-refractivity contribution in [2.75, 3.05) is 14.2 Å². The summed E-state index contributed by atoms with van der Waals surface area (Å²) in [4.78, 5) is 5.07. The summed E-state index contributed by atoms with van der Waals surface area (Å²) < 4.78 is 12.8. The lowest BCUT2D eigenvalue weighted by Gasteiger charge is -2.12.